The van der Waals surface area contributed by atoms with Gasteiger partial charge < -0.3 is 15.4 Å². The Kier molecular flexibility index (Phi) is 8.91. The molecule has 2 atom stereocenters. The molecular formula is C26H35N3O5S. The lowest BCUT2D eigenvalue weighted by Gasteiger charge is -2.35. The molecule has 8 nitrogen and oxygen atoms in total. The molecule has 0 aromatic heterocycles. The third-order valence-electron chi connectivity index (χ3n) is 6.52. The first-order chi connectivity index (χ1) is 16.6. The summed E-state index contributed by atoms with van der Waals surface area (Å²) in [6.07, 6.45) is 1.69. The number of nitrogens with one attached hydrogen (secondary N) is 2. The number of rotatable bonds is 9. The molecule has 0 bridgehead atoms. The zero-order valence-corrected chi connectivity index (χ0v) is 21.6. The number of aryl methyl sites for hydroxylation is 1. The number of carbonyl (C=O) groups is 2. The van der Waals surface area contributed by atoms with Crippen molar-refractivity contribution in [3.05, 3.63) is 59.7 Å². The van der Waals surface area contributed by atoms with Crippen LogP contribution < -0.4 is 15.4 Å². The summed E-state index contributed by atoms with van der Waals surface area (Å²) in [5, 5.41) is 5.90. The molecule has 2 aromatic rings. The van der Waals surface area contributed by atoms with E-state index in [9.17, 15) is 18.0 Å². The number of amides is 2. The van der Waals surface area contributed by atoms with Crippen LogP contribution in [0.3, 0.4) is 0 Å². The topological polar surface area (TPSA) is 105 Å². The molecule has 0 aliphatic carbocycles. The first-order valence-corrected chi connectivity index (χ1v) is 13.4. The van der Waals surface area contributed by atoms with Gasteiger partial charge in [0.2, 0.25) is 15.9 Å². The highest BCUT2D eigenvalue weighted by Crippen LogP contribution is 2.27. The number of hydrogen-bond acceptors (Lipinski definition) is 5. The van der Waals surface area contributed by atoms with Crippen LogP contribution in [0.25, 0.3) is 0 Å². The van der Waals surface area contributed by atoms with Gasteiger partial charge in [0, 0.05) is 24.7 Å². The van der Waals surface area contributed by atoms with Crippen molar-refractivity contribution in [1.29, 1.82) is 0 Å². The Morgan fingerprint density at radius 2 is 1.74 bits per heavy atom. The number of methoxy groups -OCH3 is 1. The molecule has 1 heterocycles. The van der Waals surface area contributed by atoms with Crippen LogP contribution in [0, 0.1) is 12.8 Å². The summed E-state index contributed by atoms with van der Waals surface area (Å²) < 4.78 is 32.8. The molecule has 2 amide bonds. The van der Waals surface area contributed by atoms with Crippen LogP contribution in [0.1, 0.15) is 49.0 Å². The van der Waals surface area contributed by atoms with Crippen LogP contribution in [0.2, 0.25) is 0 Å². The Morgan fingerprint density at radius 1 is 1.09 bits per heavy atom. The lowest BCUT2D eigenvalue weighted by Crippen LogP contribution is -2.55. The maximum Gasteiger partial charge on any atom is 0.251 e. The molecular weight excluding hydrogens is 466 g/mol. The molecule has 9 heteroatoms. The molecule has 3 rings (SSSR count). The number of carbonyl (C=O) groups excluding carboxylic acids is 2. The van der Waals surface area contributed by atoms with Crippen molar-refractivity contribution in [3.63, 3.8) is 0 Å². The normalized spacial score (nSPS) is 16.8. The van der Waals surface area contributed by atoms with Crippen LogP contribution in [0.5, 0.6) is 5.75 Å². The summed E-state index contributed by atoms with van der Waals surface area (Å²) in [5.41, 5.74) is 1.45. The number of benzene rings is 2. The van der Waals surface area contributed by atoms with Crippen LogP contribution in [0.4, 0.5) is 0 Å². The molecule has 0 spiro atoms. The van der Waals surface area contributed by atoms with Gasteiger partial charge >= 0.3 is 0 Å². The lowest BCUT2D eigenvalue weighted by molar-refractivity contribution is -0.125. The molecule has 2 aromatic carbocycles. The van der Waals surface area contributed by atoms with Gasteiger partial charge in [0.05, 0.1) is 12.0 Å². The molecule has 1 aliphatic rings. The highest BCUT2D eigenvalue weighted by molar-refractivity contribution is 7.89. The summed E-state index contributed by atoms with van der Waals surface area (Å²) in [4.78, 5) is 26.3. The first-order valence-electron chi connectivity index (χ1n) is 12.0. The second-order valence-corrected chi connectivity index (χ2v) is 11.0. The van der Waals surface area contributed by atoms with E-state index in [-0.39, 0.29) is 41.8 Å². The molecule has 35 heavy (non-hydrogen) atoms. The minimum atomic E-state index is -3.66. The SMILES string of the molecule is CCC(C)NC(=O)C(NC(=O)c1cccc(C)c1)C1CCN(S(=O)(=O)c2ccc(OC)cc2)CC1. The molecule has 2 unspecified atom stereocenters. The standard InChI is InChI=1S/C26H35N3O5S/c1-5-19(3)27-26(31)24(28-25(30)21-8-6-7-18(2)17-21)20-13-15-29(16-14-20)35(32,33)23-11-9-22(34-4)10-12-23/h6-12,17,19-20,24H,5,13-16H2,1-4H3,(H,27,31)(H,28,30). The average molecular weight is 502 g/mol. The summed E-state index contributed by atoms with van der Waals surface area (Å²) in [6, 6.07) is 12.7. The van der Waals surface area contributed by atoms with Gasteiger partial charge in [-0.1, -0.05) is 24.6 Å². The largest absolute Gasteiger partial charge is 0.497 e. The van der Waals surface area contributed by atoms with E-state index >= 15 is 0 Å². The van der Waals surface area contributed by atoms with Gasteiger partial charge in [-0.25, -0.2) is 8.42 Å². The quantitative estimate of drug-likeness (QED) is 0.549. The molecule has 0 saturated carbocycles. The predicted octanol–water partition coefficient (Wildman–Crippen LogP) is 3.12. The monoisotopic (exact) mass is 501 g/mol. The fourth-order valence-electron chi connectivity index (χ4n) is 4.19. The van der Waals surface area contributed by atoms with Gasteiger partial charge in [0.25, 0.3) is 5.91 Å². The number of hydrogen-bond donors (Lipinski definition) is 2. The molecule has 2 N–H and O–H groups in total. The van der Waals surface area contributed by atoms with E-state index in [0.29, 0.717) is 24.2 Å². The maximum absolute atomic E-state index is 13.1. The fraction of sp³-hybridized carbons (Fsp3) is 0.462. The van der Waals surface area contributed by atoms with Crippen LogP contribution in [0.15, 0.2) is 53.4 Å². The zero-order valence-electron chi connectivity index (χ0n) is 20.8. The van der Waals surface area contributed by atoms with Crippen molar-refractivity contribution in [2.45, 2.75) is 57.0 Å². The molecule has 1 saturated heterocycles. The molecule has 190 valence electrons. The summed E-state index contributed by atoms with van der Waals surface area (Å²) in [6.45, 7) is 6.34. The highest BCUT2D eigenvalue weighted by atomic mass is 32.2. The van der Waals surface area contributed by atoms with Crippen molar-refractivity contribution in [2.24, 2.45) is 5.92 Å². The number of ether oxygens (including phenoxy) is 1. The van der Waals surface area contributed by atoms with Gasteiger partial charge in [0.1, 0.15) is 11.8 Å². The van der Waals surface area contributed by atoms with Crippen molar-refractivity contribution in [1.82, 2.24) is 14.9 Å². The Balaban J connectivity index is 1.74. The van der Waals surface area contributed by atoms with E-state index in [2.05, 4.69) is 10.6 Å². The minimum Gasteiger partial charge on any atom is -0.497 e. The third kappa shape index (κ3) is 6.61. The summed E-state index contributed by atoms with van der Waals surface area (Å²) in [7, 11) is -2.13. The Labute approximate surface area is 208 Å². The highest BCUT2D eigenvalue weighted by Gasteiger charge is 2.36. The van der Waals surface area contributed by atoms with E-state index < -0.39 is 16.1 Å². The number of sulfonamides is 1. The van der Waals surface area contributed by atoms with Gasteiger partial charge in [-0.15, -0.1) is 0 Å². The number of piperidine rings is 1. The second kappa shape index (κ2) is 11.7. The van der Waals surface area contributed by atoms with Gasteiger partial charge in [-0.05, 0) is 75.4 Å². The molecule has 1 fully saturated rings. The van der Waals surface area contributed by atoms with Crippen molar-refractivity contribution >= 4 is 21.8 Å². The number of nitrogens with zero attached hydrogens (tertiary/aromatic N) is 1. The van der Waals surface area contributed by atoms with Crippen LogP contribution >= 0.6 is 0 Å². The Bertz CT molecular complexity index is 1130. The summed E-state index contributed by atoms with van der Waals surface area (Å²) >= 11 is 0. The van der Waals surface area contributed by atoms with Crippen LogP contribution in [-0.2, 0) is 14.8 Å². The van der Waals surface area contributed by atoms with Crippen molar-refractivity contribution < 1.29 is 22.7 Å². The van der Waals surface area contributed by atoms with Crippen molar-refractivity contribution in [3.8, 4) is 5.75 Å². The van der Waals surface area contributed by atoms with E-state index in [4.69, 9.17) is 4.74 Å². The fourth-order valence-corrected chi connectivity index (χ4v) is 5.66. The summed E-state index contributed by atoms with van der Waals surface area (Å²) in [5.74, 6) is -0.152. The van der Waals surface area contributed by atoms with Gasteiger partial charge in [-0.3, -0.25) is 9.59 Å². The Hall–Kier alpha value is -2.91. The van der Waals surface area contributed by atoms with Gasteiger partial charge in [0.15, 0.2) is 0 Å². The van der Waals surface area contributed by atoms with E-state index in [1.54, 1.807) is 30.3 Å². The molecule has 1 aliphatic heterocycles. The smallest absolute Gasteiger partial charge is 0.251 e. The zero-order chi connectivity index (χ0) is 25.6. The molecule has 0 radical (unpaired) electrons. The second-order valence-electron chi connectivity index (χ2n) is 9.06. The minimum absolute atomic E-state index is 0.0311. The lowest BCUT2D eigenvalue weighted by atomic mass is 9.89. The first kappa shape index (κ1) is 26.7. The maximum atomic E-state index is 13.1. The Morgan fingerprint density at radius 3 is 2.31 bits per heavy atom. The third-order valence-corrected chi connectivity index (χ3v) is 8.43. The van der Waals surface area contributed by atoms with Crippen molar-refractivity contribution in [2.75, 3.05) is 20.2 Å². The predicted molar refractivity (Wildman–Crippen MR) is 135 cm³/mol. The average Bonchev–Trinajstić information content (AvgIpc) is 2.87. The van der Waals surface area contributed by atoms with E-state index in [0.717, 1.165) is 12.0 Å². The van der Waals surface area contributed by atoms with E-state index in [1.807, 2.05) is 26.8 Å². The van der Waals surface area contributed by atoms with E-state index in [1.165, 1.54) is 23.5 Å². The van der Waals surface area contributed by atoms with Crippen LogP contribution in [-0.4, -0.2) is 56.8 Å². The van der Waals surface area contributed by atoms with Gasteiger partial charge in [-0.2, -0.15) is 4.31 Å².